The summed E-state index contributed by atoms with van der Waals surface area (Å²) in [7, 11) is 0. The van der Waals surface area contributed by atoms with Crippen LogP contribution in [0.15, 0.2) is 28.9 Å². The van der Waals surface area contributed by atoms with E-state index in [4.69, 9.17) is 10.3 Å². The Labute approximate surface area is 81.7 Å². The molecular formula is C10H11N3O. The lowest BCUT2D eigenvalue weighted by Crippen LogP contribution is -1.92. The van der Waals surface area contributed by atoms with Crippen LogP contribution in [-0.4, -0.2) is 10.1 Å². The Bertz CT molecular complexity index is 419. The fraction of sp³-hybridized carbons (Fsp3) is 0.200. The number of nitrogens with zero attached hydrogens (tertiary/aromatic N) is 2. The summed E-state index contributed by atoms with van der Waals surface area (Å²) in [6.45, 7) is 2.31. The van der Waals surface area contributed by atoms with Crippen molar-refractivity contribution in [1.82, 2.24) is 10.1 Å². The summed E-state index contributed by atoms with van der Waals surface area (Å²) < 4.78 is 5.00. The van der Waals surface area contributed by atoms with E-state index in [-0.39, 0.29) is 0 Å². The fourth-order valence-electron chi connectivity index (χ4n) is 1.16. The molecule has 0 unspecified atom stereocenters. The van der Waals surface area contributed by atoms with Crippen LogP contribution in [0.4, 0.5) is 0 Å². The molecule has 2 rings (SSSR count). The minimum absolute atomic E-state index is 0.367. The zero-order chi connectivity index (χ0) is 9.97. The first-order valence-corrected chi connectivity index (χ1v) is 4.38. The molecule has 72 valence electrons. The molecule has 0 aliphatic carbocycles. The van der Waals surface area contributed by atoms with Crippen LogP contribution < -0.4 is 5.73 Å². The first-order chi connectivity index (χ1) is 6.79. The number of nitrogens with two attached hydrogens (primary N) is 1. The van der Waals surface area contributed by atoms with E-state index in [1.54, 1.807) is 6.20 Å². The molecule has 4 heteroatoms. The third kappa shape index (κ3) is 1.65. The molecular weight excluding hydrogens is 178 g/mol. The van der Waals surface area contributed by atoms with Crippen LogP contribution in [-0.2, 0) is 6.54 Å². The highest BCUT2D eigenvalue weighted by atomic mass is 16.5. The Balaban J connectivity index is 2.34. The largest absolute Gasteiger partial charge is 0.359 e. The number of aryl methyl sites for hydroxylation is 1. The first kappa shape index (κ1) is 8.90. The van der Waals surface area contributed by atoms with Crippen molar-refractivity contribution in [1.29, 1.82) is 0 Å². The summed E-state index contributed by atoms with van der Waals surface area (Å²) in [6, 6.07) is 5.72. The Morgan fingerprint density at radius 2 is 2.29 bits per heavy atom. The Morgan fingerprint density at radius 3 is 2.86 bits per heavy atom. The van der Waals surface area contributed by atoms with Gasteiger partial charge in [0.2, 0.25) is 0 Å². The summed E-state index contributed by atoms with van der Waals surface area (Å²) in [5.41, 5.74) is 8.12. The average molecular weight is 189 g/mol. The number of rotatable bonds is 2. The molecule has 0 saturated heterocycles. The Morgan fingerprint density at radius 1 is 1.43 bits per heavy atom. The molecule has 0 aliphatic heterocycles. The Hall–Kier alpha value is -1.68. The van der Waals surface area contributed by atoms with Crippen LogP contribution in [0.2, 0.25) is 0 Å². The molecule has 0 bridgehead atoms. The molecule has 14 heavy (non-hydrogen) atoms. The van der Waals surface area contributed by atoms with Gasteiger partial charge in [-0.2, -0.15) is 0 Å². The van der Waals surface area contributed by atoms with Crippen molar-refractivity contribution in [2.24, 2.45) is 5.73 Å². The second-order valence-corrected chi connectivity index (χ2v) is 3.07. The average Bonchev–Trinajstić information content (AvgIpc) is 2.67. The molecule has 4 nitrogen and oxygen atoms in total. The predicted octanol–water partition coefficient (Wildman–Crippen LogP) is 1.50. The van der Waals surface area contributed by atoms with Crippen LogP contribution >= 0.6 is 0 Å². The van der Waals surface area contributed by atoms with E-state index in [0.717, 1.165) is 17.0 Å². The second kappa shape index (κ2) is 3.59. The SMILES string of the molecule is Cc1ccc(-c2cc(CN)on2)cn1. The lowest BCUT2D eigenvalue weighted by Gasteiger charge is -1.94. The quantitative estimate of drug-likeness (QED) is 0.777. The molecule has 0 fully saturated rings. The van der Waals surface area contributed by atoms with Gasteiger partial charge in [-0.1, -0.05) is 5.16 Å². The molecule has 0 saturated carbocycles. The highest BCUT2D eigenvalue weighted by Crippen LogP contribution is 2.17. The maximum absolute atomic E-state index is 5.42. The lowest BCUT2D eigenvalue weighted by atomic mass is 10.2. The van der Waals surface area contributed by atoms with Crippen LogP contribution in [0.3, 0.4) is 0 Å². The van der Waals surface area contributed by atoms with Gasteiger partial charge in [0.05, 0.1) is 6.54 Å². The minimum Gasteiger partial charge on any atom is -0.359 e. The normalized spacial score (nSPS) is 10.4. The summed E-state index contributed by atoms with van der Waals surface area (Å²) in [5.74, 6) is 0.681. The highest BCUT2D eigenvalue weighted by Gasteiger charge is 2.04. The van der Waals surface area contributed by atoms with Gasteiger partial charge in [-0.3, -0.25) is 4.98 Å². The van der Waals surface area contributed by atoms with Crippen LogP contribution in [0.25, 0.3) is 11.3 Å². The molecule has 2 heterocycles. The van der Waals surface area contributed by atoms with Crippen molar-refractivity contribution in [3.8, 4) is 11.3 Å². The summed E-state index contributed by atoms with van der Waals surface area (Å²) in [6.07, 6.45) is 1.77. The van der Waals surface area contributed by atoms with Gasteiger partial charge < -0.3 is 10.3 Å². The van der Waals surface area contributed by atoms with Gasteiger partial charge in [0.1, 0.15) is 5.69 Å². The maximum atomic E-state index is 5.42. The van der Waals surface area contributed by atoms with Gasteiger partial charge >= 0.3 is 0 Å². The van der Waals surface area contributed by atoms with E-state index < -0.39 is 0 Å². The van der Waals surface area contributed by atoms with E-state index in [9.17, 15) is 0 Å². The van der Waals surface area contributed by atoms with Crippen LogP contribution in [0.5, 0.6) is 0 Å². The summed E-state index contributed by atoms with van der Waals surface area (Å²) in [4.78, 5) is 4.18. The molecule has 2 N–H and O–H groups in total. The van der Waals surface area contributed by atoms with E-state index in [1.807, 2.05) is 25.1 Å². The zero-order valence-corrected chi connectivity index (χ0v) is 7.90. The van der Waals surface area contributed by atoms with Crippen molar-refractivity contribution in [3.05, 3.63) is 35.9 Å². The summed E-state index contributed by atoms with van der Waals surface area (Å²) in [5, 5.41) is 3.89. The molecule has 0 aliphatic rings. The van der Waals surface area contributed by atoms with Gasteiger partial charge in [-0.15, -0.1) is 0 Å². The molecule has 2 aromatic rings. The van der Waals surface area contributed by atoms with Crippen molar-refractivity contribution in [2.45, 2.75) is 13.5 Å². The molecule has 0 amide bonds. The molecule has 0 aromatic carbocycles. The van der Waals surface area contributed by atoms with Gasteiger partial charge in [0.15, 0.2) is 5.76 Å². The van der Waals surface area contributed by atoms with Crippen LogP contribution in [0.1, 0.15) is 11.5 Å². The lowest BCUT2D eigenvalue weighted by molar-refractivity contribution is 0.387. The maximum Gasteiger partial charge on any atom is 0.150 e. The van der Waals surface area contributed by atoms with E-state index in [2.05, 4.69) is 10.1 Å². The third-order valence-corrected chi connectivity index (χ3v) is 1.97. The second-order valence-electron chi connectivity index (χ2n) is 3.07. The topological polar surface area (TPSA) is 64.9 Å². The van der Waals surface area contributed by atoms with Gasteiger partial charge in [0, 0.05) is 23.5 Å². The molecule has 0 spiro atoms. The van der Waals surface area contributed by atoms with E-state index in [0.29, 0.717) is 12.3 Å². The van der Waals surface area contributed by atoms with E-state index in [1.165, 1.54) is 0 Å². The standard InChI is InChI=1S/C10H11N3O/c1-7-2-3-8(6-12-7)10-4-9(5-11)14-13-10/h2-4,6H,5,11H2,1H3. The highest BCUT2D eigenvalue weighted by molar-refractivity contribution is 5.57. The molecule has 0 atom stereocenters. The smallest absolute Gasteiger partial charge is 0.150 e. The fourth-order valence-corrected chi connectivity index (χ4v) is 1.16. The minimum atomic E-state index is 0.367. The van der Waals surface area contributed by atoms with Crippen LogP contribution in [0, 0.1) is 6.92 Å². The van der Waals surface area contributed by atoms with Gasteiger partial charge in [-0.05, 0) is 19.1 Å². The van der Waals surface area contributed by atoms with Gasteiger partial charge in [0.25, 0.3) is 0 Å². The monoisotopic (exact) mass is 189 g/mol. The Kier molecular flexibility index (Phi) is 2.28. The van der Waals surface area contributed by atoms with Crippen molar-refractivity contribution in [2.75, 3.05) is 0 Å². The number of hydrogen-bond donors (Lipinski definition) is 1. The van der Waals surface area contributed by atoms with Crippen molar-refractivity contribution < 1.29 is 4.52 Å². The predicted molar refractivity (Wildman–Crippen MR) is 52.4 cm³/mol. The number of aromatic nitrogens is 2. The molecule has 2 aromatic heterocycles. The third-order valence-electron chi connectivity index (χ3n) is 1.97. The number of hydrogen-bond acceptors (Lipinski definition) is 4. The van der Waals surface area contributed by atoms with E-state index >= 15 is 0 Å². The first-order valence-electron chi connectivity index (χ1n) is 4.38. The zero-order valence-electron chi connectivity index (χ0n) is 7.90. The van der Waals surface area contributed by atoms with Crippen molar-refractivity contribution >= 4 is 0 Å². The van der Waals surface area contributed by atoms with Gasteiger partial charge in [-0.25, -0.2) is 0 Å². The molecule has 0 radical (unpaired) electrons. The number of pyridine rings is 1. The van der Waals surface area contributed by atoms with Crippen molar-refractivity contribution in [3.63, 3.8) is 0 Å². The summed E-state index contributed by atoms with van der Waals surface area (Å²) >= 11 is 0.